The number of carbonyl (C=O) groups excluding carboxylic acids is 1. The number of thiophene rings is 1. The van der Waals surface area contributed by atoms with Crippen LogP contribution in [-0.2, 0) is 6.42 Å². The molecule has 0 radical (unpaired) electrons. The molecule has 2 aromatic rings. The van der Waals surface area contributed by atoms with Gasteiger partial charge in [-0.25, -0.2) is 0 Å². The van der Waals surface area contributed by atoms with E-state index in [0.717, 1.165) is 32.0 Å². The van der Waals surface area contributed by atoms with Crippen molar-refractivity contribution in [2.24, 2.45) is 5.41 Å². The maximum atomic E-state index is 12.1. The average Bonchev–Trinajstić information content (AvgIpc) is 2.73. The first kappa shape index (κ1) is 13.0. The van der Waals surface area contributed by atoms with Crippen molar-refractivity contribution in [1.82, 2.24) is 4.98 Å². The monoisotopic (exact) mass is 335 g/mol. The van der Waals surface area contributed by atoms with Gasteiger partial charge >= 0.3 is 0 Å². The van der Waals surface area contributed by atoms with Crippen LogP contribution in [-0.4, -0.2) is 10.8 Å². The molecule has 2 heterocycles. The summed E-state index contributed by atoms with van der Waals surface area (Å²) in [5.74, 6) is 0.220. The van der Waals surface area contributed by atoms with Gasteiger partial charge in [0.1, 0.15) is 0 Å². The van der Waals surface area contributed by atoms with E-state index >= 15 is 0 Å². The number of hydrogen-bond acceptors (Lipinski definition) is 3. The van der Waals surface area contributed by atoms with E-state index in [1.165, 1.54) is 0 Å². The van der Waals surface area contributed by atoms with E-state index in [-0.39, 0.29) is 11.2 Å². The smallest absolute Gasteiger partial charge is 0.165 e. The molecule has 0 aliphatic heterocycles. The van der Waals surface area contributed by atoms with Gasteiger partial charge in [-0.1, -0.05) is 13.8 Å². The minimum Gasteiger partial charge on any atom is -0.294 e. The number of halogens is 1. The SMILES string of the molecule is CC1(C)CC(=O)c2ccc(-c3ccc(Br)s3)nc2C1. The van der Waals surface area contributed by atoms with E-state index in [0.29, 0.717) is 6.42 Å². The van der Waals surface area contributed by atoms with Crippen LogP contribution < -0.4 is 0 Å². The van der Waals surface area contributed by atoms with Gasteiger partial charge in [-0.05, 0) is 52.0 Å². The Labute approximate surface area is 125 Å². The Balaban J connectivity index is 2.06. The molecule has 19 heavy (non-hydrogen) atoms. The molecule has 0 aromatic carbocycles. The maximum absolute atomic E-state index is 12.1. The Hall–Kier alpha value is -1.00. The summed E-state index contributed by atoms with van der Waals surface area (Å²) in [4.78, 5) is 17.9. The molecular weight excluding hydrogens is 322 g/mol. The van der Waals surface area contributed by atoms with Crippen LogP contribution in [0.1, 0.15) is 36.3 Å². The first-order valence-corrected chi connectivity index (χ1v) is 7.84. The van der Waals surface area contributed by atoms with Crippen LogP contribution >= 0.6 is 27.3 Å². The van der Waals surface area contributed by atoms with Crippen LogP contribution in [0.15, 0.2) is 28.1 Å². The molecule has 3 rings (SSSR count). The van der Waals surface area contributed by atoms with Gasteiger partial charge in [-0.3, -0.25) is 9.78 Å². The van der Waals surface area contributed by atoms with Gasteiger partial charge < -0.3 is 0 Å². The lowest BCUT2D eigenvalue weighted by Gasteiger charge is -2.29. The van der Waals surface area contributed by atoms with Gasteiger partial charge in [0.15, 0.2) is 5.78 Å². The predicted octanol–water partition coefficient (Wildman–Crippen LogP) is 4.73. The fraction of sp³-hybridized carbons (Fsp3) is 0.333. The lowest BCUT2D eigenvalue weighted by molar-refractivity contribution is 0.0910. The van der Waals surface area contributed by atoms with E-state index in [1.54, 1.807) is 11.3 Å². The number of rotatable bonds is 1. The molecule has 0 fully saturated rings. The zero-order valence-electron chi connectivity index (χ0n) is 10.9. The van der Waals surface area contributed by atoms with Gasteiger partial charge in [0.25, 0.3) is 0 Å². The number of fused-ring (bicyclic) bond motifs is 1. The highest BCUT2D eigenvalue weighted by Gasteiger charge is 2.31. The molecule has 0 atom stereocenters. The summed E-state index contributed by atoms with van der Waals surface area (Å²) < 4.78 is 1.10. The molecule has 98 valence electrons. The van der Waals surface area contributed by atoms with Crippen LogP contribution in [0.5, 0.6) is 0 Å². The summed E-state index contributed by atoms with van der Waals surface area (Å²) in [6, 6.07) is 7.96. The summed E-state index contributed by atoms with van der Waals surface area (Å²) in [6.45, 7) is 4.26. The van der Waals surface area contributed by atoms with Crippen LogP contribution in [0.4, 0.5) is 0 Å². The van der Waals surface area contributed by atoms with Crippen molar-refractivity contribution >= 4 is 33.0 Å². The van der Waals surface area contributed by atoms with Gasteiger partial charge in [0.05, 0.1) is 20.1 Å². The van der Waals surface area contributed by atoms with E-state index in [4.69, 9.17) is 4.98 Å². The van der Waals surface area contributed by atoms with Crippen molar-refractivity contribution in [2.45, 2.75) is 26.7 Å². The van der Waals surface area contributed by atoms with Crippen molar-refractivity contribution in [3.05, 3.63) is 39.3 Å². The highest BCUT2D eigenvalue weighted by molar-refractivity contribution is 9.11. The van der Waals surface area contributed by atoms with Crippen molar-refractivity contribution in [3.63, 3.8) is 0 Å². The molecule has 2 nitrogen and oxygen atoms in total. The zero-order chi connectivity index (χ0) is 13.6. The Morgan fingerprint density at radius 2 is 2.00 bits per heavy atom. The van der Waals surface area contributed by atoms with Gasteiger partial charge in [0, 0.05) is 12.0 Å². The first-order chi connectivity index (χ1) is 8.94. The van der Waals surface area contributed by atoms with Crippen molar-refractivity contribution in [1.29, 1.82) is 0 Å². The number of hydrogen-bond donors (Lipinski definition) is 0. The second kappa shape index (κ2) is 4.53. The number of aromatic nitrogens is 1. The van der Waals surface area contributed by atoms with Gasteiger partial charge in [-0.2, -0.15) is 0 Å². The molecule has 0 bridgehead atoms. The molecule has 0 amide bonds. The largest absolute Gasteiger partial charge is 0.294 e. The highest BCUT2D eigenvalue weighted by Crippen LogP contribution is 2.36. The third kappa shape index (κ3) is 2.51. The Bertz CT molecular complexity index is 660. The minimum absolute atomic E-state index is 0.0196. The minimum atomic E-state index is 0.0196. The van der Waals surface area contributed by atoms with E-state index < -0.39 is 0 Å². The van der Waals surface area contributed by atoms with Crippen LogP contribution in [0, 0.1) is 5.41 Å². The second-order valence-corrected chi connectivity index (χ2v) is 8.20. The quantitative estimate of drug-likeness (QED) is 0.754. The fourth-order valence-corrected chi connectivity index (χ4v) is 3.88. The molecule has 1 aliphatic carbocycles. The van der Waals surface area contributed by atoms with E-state index in [1.807, 2.05) is 18.2 Å². The summed E-state index contributed by atoms with van der Waals surface area (Å²) in [7, 11) is 0. The van der Waals surface area contributed by atoms with Crippen molar-refractivity contribution < 1.29 is 4.79 Å². The Morgan fingerprint density at radius 3 is 2.68 bits per heavy atom. The molecule has 0 saturated carbocycles. The Morgan fingerprint density at radius 1 is 1.21 bits per heavy atom. The second-order valence-electron chi connectivity index (χ2n) is 5.74. The third-order valence-electron chi connectivity index (χ3n) is 3.39. The van der Waals surface area contributed by atoms with Crippen molar-refractivity contribution in [2.75, 3.05) is 0 Å². The molecule has 1 aliphatic rings. The van der Waals surface area contributed by atoms with E-state index in [2.05, 4.69) is 35.8 Å². The number of nitrogens with zero attached hydrogens (tertiary/aromatic N) is 1. The lowest BCUT2D eigenvalue weighted by Crippen LogP contribution is -2.27. The molecule has 0 unspecified atom stereocenters. The third-order valence-corrected chi connectivity index (χ3v) is 5.03. The maximum Gasteiger partial charge on any atom is 0.165 e. The normalized spacial score (nSPS) is 17.3. The standard InChI is InChI=1S/C15H14BrNOS/c1-15(2)7-11-9(12(18)8-15)3-4-10(17-11)13-5-6-14(16)19-13/h3-6H,7-8H2,1-2H3. The molecule has 4 heteroatoms. The van der Waals surface area contributed by atoms with Crippen LogP contribution in [0.25, 0.3) is 10.6 Å². The number of carbonyl (C=O) groups is 1. The molecular formula is C15H14BrNOS. The number of pyridine rings is 1. The topological polar surface area (TPSA) is 30.0 Å². The first-order valence-electron chi connectivity index (χ1n) is 6.23. The average molecular weight is 336 g/mol. The van der Waals surface area contributed by atoms with Crippen molar-refractivity contribution in [3.8, 4) is 10.6 Å². The predicted molar refractivity (Wildman–Crippen MR) is 81.7 cm³/mol. The lowest BCUT2D eigenvalue weighted by atomic mass is 9.75. The molecule has 0 N–H and O–H groups in total. The van der Waals surface area contributed by atoms with Crippen LogP contribution in [0.3, 0.4) is 0 Å². The number of ketones is 1. The van der Waals surface area contributed by atoms with Crippen LogP contribution in [0.2, 0.25) is 0 Å². The van der Waals surface area contributed by atoms with Gasteiger partial charge in [-0.15, -0.1) is 11.3 Å². The summed E-state index contributed by atoms with van der Waals surface area (Å²) in [5, 5.41) is 0. The molecule has 0 saturated heterocycles. The molecule has 0 spiro atoms. The fourth-order valence-electron chi connectivity index (χ4n) is 2.52. The van der Waals surface area contributed by atoms with E-state index in [9.17, 15) is 4.79 Å². The molecule has 2 aromatic heterocycles. The van der Waals surface area contributed by atoms with Gasteiger partial charge in [0.2, 0.25) is 0 Å². The summed E-state index contributed by atoms with van der Waals surface area (Å²) in [6.07, 6.45) is 1.49. The Kier molecular flexibility index (Phi) is 3.10. The summed E-state index contributed by atoms with van der Waals surface area (Å²) >= 11 is 5.13. The zero-order valence-corrected chi connectivity index (χ0v) is 13.3. The summed E-state index contributed by atoms with van der Waals surface area (Å²) in [5.41, 5.74) is 2.73. The highest BCUT2D eigenvalue weighted by atomic mass is 79.9. The number of Topliss-reactive ketones (excluding diaryl/α,β-unsaturated/α-hetero) is 1.